The molecule has 2 fully saturated rings. The van der Waals surface area contributed by atoms with Gasteiger partial charge in [-0.2, -0.15) is 0 Å². The van der Waals surface area contributed by atoms with Crippen molar-refractivity contribution >= 4 is 34.9 Å². The Balaban J connectivity index is 1.17. The van der Waals surface area contributed by atoms with E-state index < -0.39 is 0 Å². The quantitative estimate of drug-likeness (QED) is 0.130. The van der Waals surface area contributed by atoms with Crippen molar-refractivity contribution < 1.29 is 9.47 Å². The van der Waals surface area contributed by atoms with Gasteiger partial charge in [0.25, 0.3) is 0 Å². The van der Waals surface area contributed by atoms with Gasteiger partial charge in [-0.25, -0.2) is 9.97 Å². The number of hydrogen-bond donors (Lipinski definition) is 2. The van der Waals surface area contributed by atoms with Crippen LogP contribution in [0.2, 0.25) is 5.02 Å². The van der Waals surface area contributed by atoms with Gasteiger partial charge in [-0.15, -0.1) is 0 Å². The van der Waals surface area contributed by atoms with Crippen LogP contribution in [0.15, 0.2) is 97.0 Å². The number of hydrogen-bond acceptors (Lipinski definition) is 9. The molecule has 2 aromatic heterocycles. The predicted octanol–water partition coefficient (Wildman–Crippen LogP) is 7.41. The van der Waals surface area contributed by atoms with Crippen molar-refractivity contribution in [3.05, 3.63) is 130 Å². The zero-order valence-corrected chi connectivity index (χ0v) is 29.8. The van der Waals surface area contributed by atoms with E-state index in [9.17, 15) is 0 Å². The fourth-order valence-corrected chi connectivity index (χ4v) is 6.87. The molecule has 4 heterocycles. The lowest BCUT2D eigenvalue weighted by molar-refractivity contribution is 0.136. The van der Waals surface area contributed by atoms with Gasteiger partial charge in [-0.1, -0.05) is 97.0 Å². The van der Waals surface area contributed by atoms with Gasteiger partial charge in [0.15, 0.2) is 0 Å². The summed E-state index contributed by atoms with van der Waals surface area (Å²) in [6.45, 7) is 11.8. The zero-order valence-electron chi connectivity index (χ0n) is 28.3. The highest BCUT2D eigenvalue weighted by Crippen LogP contribution is 2.38. The molecular weight excluding hydrogens is 669 g/mol. The third-order valence-electron chi connectivity index (χ3n) is 8.90. The highest BCUT2D eigenvalue weighted by molar-refractivity contribution is 6.41. The number of halogens is 2. The molecule has 0 saturated carbocycles. The second-order valence-electron chi connectivity index (χ2n) is 12.4. The second kappa shape index (κ2) is 16.4. The number of ether oxygens (including phenoxy) is 2. The average molecular weight is 711 g/mol. The molecule has 4 aromatic rings. The summed E-state index contributed by atoms with van der Waals surface area (Å²) in [5.41, 5.74) is 7.12. The van der Waals surface area contributed by atoms with Crippen LogP contribution in [0, 0.1) is 0 Å². The van der Waals surface area contributed by atoms with Crippen LogP contribution in [0.3, 0.4) is 0 Å². The Bertz CT molecular complexity index is 1910. The number of allylic oxidation sites excluding steroid dienone is 5. The summed E-state index contributed by atoms with van der Waals surface area (Å²) in [5.74, 6) is 1.42. The highest BCUT2D eigenvalue weighted by atomic mass is 35.5. The monoisotopic (exact) mass is 709 g/mol. The van der Waals surface area contributed by atoms with Crippen LogP contribution < -0.4 is 20.1 Å². The molecule has 0 aliphatic carbocycles. The van der Waals surface area contributed by atoms with Crippen molar-refractivity contribution in [3.63, 3.8) is 0 Å². The van der Waals surface area contributed by atoms with E-state index in [4.69, 9.17) is 42.6 Å². The van der Waals surface area contributed by atoms with E-state index in [1.165, 1.54) is 5.56 Å². The fraction of sp³-hybridized carbons (Fsp3) is 0.282. The molecule has 6 rings (SSSR count). The van der Waals surface area contributed by atoms with Crippen LogP contribution >= 0.6 is 23.2 Å². The predicted molar refractivity (Wildman–Crippen MR) is 201 cm³/mol. The van der Waals surface area contributed by atoms with Gasteiger partial charge in [0.05, 0.1) is 48.1 Å². The average Bonchev–Trinajstić information content (AvgIpc) is 3.54. The first kappa shape index (κ1) is 35.3. The van der Waals surface area contributed by atoms with E-state index in [0.717, 1.165) is 43.9 Å². The number of aromatic nitrogens is 4. The molecule has 2 N–H and O–H groups in total. The lowest BCUT2D eigenvalue weighted by atomic mass is 9.91. The van der Waals surface area contributed by atoms with Crippen molar-refractivity contribution in [1.82, 2.24) is 35.5 Å². The third kappa shape index (κ3) is 8.25. The van der Waals surface area contributed by atoms with Gasteiger partial charge in [0, 0.05) is 67.1 Å². The van der Waals surface area contributed by atoms with Crippen LogP contribution in [0.1, 0.15) is 47.0 Å². The lowest BCUT2D eigenvalue weighted by Crippen LogP contribution is -2.44. The van der Waals surface area contributed by atoms with E-state index in [2.05, 4.69) is 62.9 Å². The van der Waals surface area contributed by atoms with Crippen LogP contribution in [0.5, 0.6) is 11.8 Å². The smallest absolute Gasteiger partial charge is 0.237 e. The molecule has 2 aliphatic rings. The molecule has 2 aliphatic heterocycles. The lowest BCUT2D eigenvalue weighted by Gasteiger charge is -2.39. The first-order valence-electron chi connectivity index (χ1n) is 16.6. The standard InChI is InChI=1S/C39H41Cl2N7O2/c1-5-10-30(33(40)17-29-19-43-35(38(46-29)49-3)20-42-18-28-16-15-25(2)45-28)31-13-9-14-32(37(31)41)34-21-44-36(39(47-34)50-4)24-48-22-27(23-48)26-11-7-6-8-12-26/h5-14,17,19,21,27-28,42,45H,1-2,15-16,18,20,22-24H2,3-4H3/b30-10-,33-17-/t28-/m0/s1. The van der Waals surface area contributed by atoms with E-state index in [0.29, 0.717) is 80.6 Å². The summed E-state index contributed by atoms with van der Waals surface area (Å²) in [5, 5.41) is 7.69. The number of nitrogens with zero attached hydrogens (tertiary/aromatic N) is 5. The van der Waals surface area contributed by atoms with Crippen molar-refractivity contribution in [1.29, 1.82) is 0 Å². The molecular formula is C39H41Cl2N7O2. The van der Waals surface area contributed by atoms with Crippen LogP contribution in [0.4, 0.5) is 0 Å². The van der Waals surface area contributed by atoms with E-state index >= 15 is 0 Å². The number of methoxy groups -OCH3 is 2. The van der Waals surface area contributed by atoms with Gasteiger partial charge in [-0.05, 0) is 24.5 Å². The van der Waals surface area contributed by atoms with Crippen LogP contribution in [-0.4, -0.2) is 64.7 Å². The largest absolute Gasteiger partial charge is 0.480 e. The molecule has 0 radical (unpaired) electrons. The Labute approximate surface area is 303 Å². The SMILES string of the molecule is C=C/C=C(\C(Cl)=C\c1cnc(CNC[C@@H]2CCC(=C)N2)c(OC)n1)c1cccc(-c2cnc(CN3CC(c4ccccc4)C3)c(OC)n2)c1Cl. The van der Waals surface area contributed by atoms with Gasteiger partial charge in [0.2, 0.25) is 11.8 Å². The Hall–Kier alpha value is -4.54. The molecule has 0 spiro atoms. The van der Waals surface area contributed by atoms with Gasteiger partial charge in [-0.3, -0.25) is 14.9 Å². The number of nitrogens with one attached hydrogen (secondary N) is 2. The molecule has 2 saturated heterocycles. The summed E-state index contributed by atoms with van der Waals surface area (Å²) in [6, 6.07) is 16.7. The second-order valence-corrected chi connectivity index (χ2v) is 13.1. The minimum absolute atomic E-state index is 0.361. The Morgan fingerprint density at radius 1 is 1.02 bits per heavy atom. The zero-order chi connectivity index (χ0) is 35.0. The third-order valence-corrected chi connectivity index (χ3v) is 9.62. The molecule has 50 heavy (non-hydrogen) atoms. The summed E-state index contributed by atoms with van der Waals surface area (Å²) in [7, 11) is 3.19. The minimum Gasteiger partial charge on any atom is -0.480 e. The molecule has 0 amide bonds. The maximum Gasteiger partial charge on any atom is 0.237 e. The highest BCUT2D eigenvalue weighted by Gasteiger charge is 2.29. The van der Waals surface area contributed by atoms with Crippen molar-refractivity contribution in [2.75, 3.05) is 33.9 Å². The van der Waals surface area contributed by atoms with E-state index in [-0.39, 0.29) is 0 Å². The number of rotatable bonds is 14. The normalized spacial score (nSPS) is 17.0. The molecule has 2 aromatic carbocycles. The summed E-state index contributed by atoms with van der Waals surface area (Å²) in [6.07, 6.45) is 10.7. The van der Waals surface area contributed by atoms with Crippen LogP contribution in [-0.2, 0) is 13.1 Å². The van der Waals surface area contributed by atoms with E-state index in [1.807, 2.05) is 30.3 Å². The van der Waals surface area contributed by atoms with E-state index in [1.54, 1.807) is 38.8 Å². The summed E-state index contributed by atoms with van der Waals surface area (Å²) in [4.78, 5) is 21.2. The van der Waals surface area contributed by atoms with Gasteiger partial charge < -0.3 is 20.1 Å². The Kier molecular flexibility index (Phi) is 11.6. The molecule has 11 heteroatoms. The first-order chi connectivity index (χ1) is 24.4. The molecule has 0 bridgehead atoms. The summed E-state index contributed by atoms with van der Waals surface area (Å²) < 4.78 is 11.3. The van der Waals surface area contributed by atoms with Gasteiger partial charge in [0.1, 0.15) is 11.4 Å². The topological polar surface area (TPSA) is 97.3 Å². The molecule has 258 valence electrons. The van der Waals surface area contributed by atoms with Crippen molar-refractivity contribution in [2.45, 2.75) is 37.9 Å². The fourth-order valence-electron chi connectivity index (χ4n) is 6.27. The Morgan fingerprint density at radius 3 is 2.50 bits per heavy atom. The van der Waals surface area contributed by atoms with Gasteiger partial charge >= 0.3 is 0 Å². The maximum absolute atomic E-state index is 7.08. The van der Waals surface area contributed by atoms with Crippen molar-refractivity contribution in [3.8, 4) is 23.0 Å². The molecule has 1 atom stereocenters. The number of likely N-dealkylation sites (tertiary alicyclic amines) is 1. The maximum atomic E-state index is 7.08. The molecule has 9 nitrogen and oxygen atoms in total. The number of benzene rings is 2. The minimum atomic E-state index is 0.361. The molecule has 0 unspecified atom stereocenters. The Morgan fingerprint density at radius 2 is 1.78 bits per heavy atom. The van der Waals surface area contributed by atoms with Crippen LogP contribution in [0.25, 0.3) is 22.9 Å². The summed E-state index contributed by atoms with van der Waals surface area (Å²) >= 11 is 14.0. The van der Waals surface area contributed by atoms with Crippen molar-refractivity contribution in [2.24, 2.45) is 0 Å². The first-order valence-corrected chi connectivity index (χ1v) is 17.3.